The number of dihydropyridines is 1. The van der Waals surface area contributed by atoms with Gasteiger partial charge in [-0.25, -0.2) is 4.39 Å². The molecule has 2 atom stereocenters. The fourth-order valence-corrected chi connectivity index (χ4v) is 2.26. The van der Waals surface area contributed by atoms with Crippen LogP contribution in [-0.2, 0) is 4.74 Å². The number of aliphatic imine (C=N–C) groups is 1. The molecule has 0 amide bonds. The first-order valence-electron chi connectivity index (χ1n) is 5.66. The van der Waals surface area contributed by atoms with Gasteiger partial charge in [0.2, 0.25) is 0 Å². The van der Waals surface area contributed by atoms with Crippen molar-refractivity contribution in [2.75, 3.05) is 6.61 Å². The SMILES string of the molecule is CC1=C(COC2CC(Br)=CC=N2)C(F)CC=C1. The second-order valence-corrected chi connectivity index (χ2v) is 5.21. The topological polar surface area (TPSA) is 21.6 Å². The lowest BCUT2D eigenvalue weighted by molar-refractivity contribution is 0.0711. The minimum absolute atomic E-state index is 0.201. The molecule has 1 aliphatic heterocycles. The summed E-state index contributed by atoms with van der Waals surface area (Å²) in [5.74, 6) is 0. The molecule has 2 aliphatic rings. The predicted molar refractivity (Wildman–Crippen MR) is 71.2 cm³/mol. The molecule has 0 N–H and O–H groups in total. The average Bonchev–Trinajstić information content (AvgIpc) is 2.28. The van der Waals surface area contributed by atoms with Crippen LogP contribution in [0.4, 0.5) is 4.39 Å². The number of alkyl halides is 1. The molecular weight excluding hydrogens is 285 g/mol. The van der Waals surface area contributed by atoms with Gasteiger partial charge in [-0.1, -0.05) is 28.1 Å². The predicted octanol–water partition coefficient (Wildman–Crippen LogP) is 3.70. The Labute approximate surface area is 109 Å². The molecule has 0 aromatic rings. The maximum Gasteiger partial charge on any atom is 0.153 e. The highest BCUT2D eigenvalue weighted by Crippen LogP contribution is 2.24. The van der Waals surface area contributed by atoms with E-state index in [1.54, 1.807) is 6.21 Å². The quantitative estimate of drug-likeness (QED) is 0.779. The van der Waals surface area contributed by atoms with E-state index in [1.807, 2.05) is 25.2 Å². The van der Waals surface area contributed by atoms with Crippen molar-refractivity contribution in [1.29, 1.82) is 0 Å². The van der Waals surface area contributed by atoms with E-state index in [2.05, 4.69) is 20.9 Å². The molecule has 0 bridgehead atoms. The zero-order chi connectivity index (χ0) is 12.3. The van der Waals surface area contributed by atoms with E-state index >= 15 is 0 Å². The van der Waals surface area contributed by atoms with Gasteiger partial charge in [0.05, 0.1) is 6.61 Å². The van der Waals surface area contributed by atoms with E-state index in [-0.39, 0.29) is 6.23 Å². The van der Waals surface area contributed by atoms with Gasteiger partial charge in [0, 0.05) is 23.5 Å². The Kier molecular flexibility index (Phi) is 4.29. The summed E-state index contributed by atoms with van der Waals surface area (Å²) in [4.78, 5) is 4.20. The van der Waals surface area contributed by atoms with Gasteiger partial charge in [0.15, 0.2) is 6.23 Å². The van der Waals surface area contributed by atoms with Gasteiger partial charge in [0.25, 0.3) is 0 Å². The van der Waals surface area contributed by atoms with E-state index in [0.717, 1.165) is 22.0 Å². The van der Waals surface area contributed by atoms with Crippen LogP contribution in [0.3, 0.4) is 0 Å². The zero-order valence-electron chi connectivity index (χ0n) is 9.70. The third kappa shape index (κ3) is 3.36. The minimum atomic E-state index is -0.911. The lowest BCUT2D eigenvalue weighted by Gasteiger charge is -2.21. The highest BCUT2D eigenvalue weighted by atomic mass is 79.9. The van der Waals surface area contributed by atoms with Crippen LogP contribution in [0.15, 0.2) is 38.8 Å². The van der Waals surface area contributed by atoms with Crippen molar-refractivity contribution in [3.8, 4) is 0 Å². The van der Waals surface area contributed by atoms with E-state index in [9.17, 15) is 4.39 Å². The number of hydrogen-bond acceptors (Lipinski definition) is 2. The van der Waals surface area contributed by atoms with Gasteiger partial charge < -0.3 is 4.74 Å². The molecular formula is C13H15BrFNO. The maximum atomic E-state index is 13.7. The molecule has 92 valence electrons. The van der Waals surface area contributed by atoms with Gasteiger partial charge in [0.1, 0.15) is 6.17 Å². The Morgan fingerprint density at radius 1 is 1.59 bits per heavy atom. The largest absolute Gasteiger partial charge is 0.352 e. The number of nitrogens with zero attached hydrogens (tertiary/aromatic N) is 1. The summed E-state index contributed by atoms with van der Waals surface area (Å²) >= 11 is 3.41. The lowest BCUT2D eigenvalue weighted by atomic mass is 9.97. The van der Waals surface area contributed by atoms with Crippen LogP contribution in [0.5, 0.6) is 0 Å². The zero-order valence-corrected chi connectivity index (χ0v) is 11.3. The van der Waals surface area contributed by atoms with Crippen LogP contribution < -0.4 is 0 Å². The first-order chi connectivity index (χ1) is 8.16. The van der Waals surface area contributed by atoms with E-state index in [1.165, 1.54) is 0 Å². The second kappa shape index (κ2) is 5.74. The summed E-state index contributed by atoms with van der Waals surface area (Å²) < 4.78 is 20.4. The fourth-order valence-electron chi connectivity index (χ4n) is 1.86. The summed E-state index contributed by atoms with van der Waals surface area (Å²) in [6.07, 6.45) is 7.48. The second-order valence-electron chi connectivity index (χ2n) is 4.20. The molecule has 2 nitrogen and oxygen atoms in total. The number of rotatable bonds is 3. The van der Waals surface area contributed by atoms with Crippen molar-refractivity contribution in [1.82, 2.24) is 0 Å². The number of halogens is 2. The monoisotopic (exact) mass is 299 g/mol. The number of hydrogen-bond donors (Lipinski definition) is 0. The van der Waals surface area contributed by atoms with Crippen molar-refractivity contribution in [3.05, 3.63) is 33.9 Å². The molecule has 0 radical (unpaired) electrons. The normalized spacial score (nSPS) is 28.5. The minimum Gasteiger partial charge on any atom is -0.352 e. The Hall–Kier alpha value is -0.740. The van der Waals surface area contributed by atoms with Crippen LogP contribution >= 0.6 is 15.9 Å². The molecule has 4 heteroatoms. The van der Waals surface area contributed by atoms with Crippen molar-refractivity contribution in [2.24, 2.45) is 4.99 Å². The lowest BCUT2D eigenvalue weighted by Crippen LogP contribution is -2.20. The Morgan fingerprint density at radius 2 is 2.41 bits per heavy atom. The molecule has 17 heavy (non-hydrogen) atoms. The summed E-state index contributed by atoms with van der Waals surface area (Å²) in [7, 11) is 0. The maximum absolute atomic E-state index is 13.7. The van der Waals surface area contributed by atoms with Crippen LogP contribution in [0.2, 0.25) is 0 Å². The van der Waals surface area contributed by atoms with Crippen LogP contribution in [-0.4, -0.2) is 25.2 Å². The average molecular weight is 300 g/mol. The Balaban J connectivity index is 1.92. The molecule has 0 spiro atoms. The van der Waals surface area contributed by atoms with Crippen molar-refractivity contribution in [3.63, 3.8) is 0 Å². The first-order valence-corrected chi connectivity index (χ1v) is 6.46. The van der Waals surface area contributed by atoms with Crippen molar-refractivity contribution < 1.29 is 9.13 Å². The van der Waals surface area contributed by atoms with Gasteiger partial charge >= 0.3 is 0 Å². The van der Waals surface area contributed by atoms with Gasteiger partial charge in [-0.2, -0.15) is 0 Å². The molecule has 2 rings (SSSR count). The smallest absolute Gasteiger partial charge is 0.153 e. The molecule has 2 unspecified atom stereocenters. The van der Waals surface area contributed by atoms with Gasteiger partial charge in [-0.15, -0.1) is 0 Å². The van der Waals surface area contributed by atoms with E-state index in [0.29, 0.717) is 13.0 Å². The van der Waals surface area contributed by atoms with E-state index < -0.39 is 6.17 Å². The third-order valence-corrected chi connectivity index (χ3v) is 3.49. The molecule has 0 fully saturated rings. The Bertz CT molecular complexity index is 412. The molecule has 1 heterocycles. The van der Waals surface area contributed by atoms with Gasteiger partial charge in [-0.3, -0.25) is 4.99 Å². The van der Waals surface area contributed by atoms with Crippen LogP contribution in [0.25, 0.3) is 0 Å². The van der Waals surface area contributed by atoms with Crippen LogP contribution in [0.1, 0.15) is 19.8 Å². The van der Waals surface area contributed by atoms with Crippen molar-refractivity contribution >= 4 is 22.1 Å². The number of ether oxygens (including phenoxy) is 1. The summed E-state index contributed by atoms with van der Waals surface area (Å²) in [5, 5.41) is 0. The third-order valence-electron chi connectivity index (χ3n) is 2.90. The fraction of sp³-hybridized carbons (Fsp3) is 0.462. The van der Waals surface area contributed by atoms with Crippen molar-refractivity contribution in [2.45, 2.75) is 32.2 Å². The first kappa shape index (κ1) is 12.7. The van der Waals surface area contributed by atoms with Gasteiger partial charge in [-0.05, 0) is 24.1 Å². The number of allylic oxidation sites excluding steroid dienone is 4. The Morgan fingerprint density at radius 3 is 3.12 bits per heavy atom. The molecule has 0 aromatic heterocycles. The molecule has 0 saturated carbocycles. The standard InChI is InChI=1S/C13H15BrFNO/c1-9-3-2-4-12(15)11(9)8-17-13-7-10(14)5-6-16-13/h2-3,5-6,12-13H,4,7-8H2,1H3. The van der Waals surface area contributed by atoms with E-state index in [4.69, 9.17) is 4.74 Å². The molecule has 1 aliphatic carbocycles. The highest BCUT2D eigenvalue weighted by molar-refractivity contribution is 9.11. The summed E-state index contributed by atoms with van der Waals surface area (Å²) in [6.45, 7) is 2.24. The highest BCUT2D eigenvalue weighted by Gasteiger charge is 2.19. The summed E-state index contributed by atoms with van der Waals surface area (Å²) in [6, 6.07) is 0. The summed E-state index contributed by atoms with van der Waals surface area (Å²) in [5.41, 5.74) is 1.71. The molecule has 0 aromatic carbocycles. The van der Waals surface area contributed by atoms with Crippen LogP contribution in [0, 0.1) is 0 Å². The molecule has 0 saturated heterocycles.